The predicted octanol–water partition coefficient (Wildman–Crippen LogP) is 5.54. The van der Waals surface area contributed by atoms with E-state index in [-0.39, 0.29) is 12.6 Å². The zero-order valence-electron chi connectivity index (χ0n) is 17.8. The van der Waals surface area contributed by atoms with Crippen molar-refractivity contribution in [3.63, 3.8) is 0 Å². The van der Waals surface area contributed by atoms with Gasteiger partial charge in [-0.15, -0.1) is 11.3 Å². The second-order valence-corrected chi connectivity index (χ2v) is 10.9. The second-order valence-electron chi connectivity index (χ2n) is 8.09. The number of hydrogen-bond donors (Lipinski definition) is 0. The first-order valence-corrected chi connectivity index (χ1v) is 12.9. The highest BCUT2D eigenvalue weighted by atomic mass is 32.2. The monoisotopic (exact) mass is 464 g/mol. The van der Waals surface area contributed by atoms with Crippen molar-refractivity contribution in [3.05, 3.63) is 88.4 Å². The first-order valence-electron chi connectivity index (χ1n) is 10.6. The number of rotatable bonds is 8. The lowest BCUT2D eigenvalue weighted by Crippen LogP contribution is -2.32. The van der Waals surface area contributed by atoms with Gasteiger partial charge in [-0.25, -0.2) is 13.4 Å². The molecule has 0 amide bonds. The molecule has 0 N–H and O–H groups in total. The van der Waals surface area contributed by atoms with Crippen LogP contribution < -0.4 is 4.74 Å². The van der Waals surface area contributed by atoms with Crippen LogP contribution in [-0.4, -0.2) is 23.7 Å². The summed E-state index contributed by atoms with van der Waals surface area (Å²) in [5.41, 5.74) is 1.80. The third kappa shape index (κ3) is 4.41. The van der Waals surface area contributed by atoms with Gasteiger partial charge in [0.1, 0.15) is 17.4 Å². The fourth-order valence-corrected chi connectivity index (χ4v) is 6.08. The van der Waals surface area contributed by atoms with E-state index in [1.807, 2.05) is 54.8 Å². The molecule has 4 aromatic rings. The maximum absolute atomic E-state index is 13.2. The highest BCUT2D eigenvalue weighted by Crippen LogP contribution is 2.34. The number of nitrogens with zero attached hydrogens (tertiary/aromatic N) is 2. The van der Waals surface area contributed by atoms with Crippen molar-refractivity contribution >= 4 is 32.1 Å². The number of fused-ring (bicyclic) bond motifs is 1. The van der Waals surface area contributed by atoms with Gasteiger partial charge in [0.05, 0.1) is 17.1 Å². The third-order valence-corrected chi connectivity index (χ3v) is 8.38. The lowest BCUT2D eigenvalue weighted by atomic mass is 10.1. The molecule has 1 aromatic heterocycles. The second kappa shape index (κ2) is 8.65. The Hall–Kier alpha value is -2.74. The number of thiazole rings is 1. The van der Waals surface area contributed by atoms with Crippen molar-refractivity contribution < 1.29 is 13.2 Å². The van der Waals surface area contributed by atoms with Gasteiger partial charge < -0.3 is 4.74 Å². The molecule has 1 aliphatic carbocycles. The molecule has 0 spiro atoms. The summed E-state index contributed by atoms with van der Waals surface area (Å²) in [4.78, 5) is 5.00. The minimum Gasteiger partial charge on any atom is -0.486 e. The van der Waals surface area contributed by atoms with Gasteiger partial charge in [0.15, 0.2) is 0 Å². The van der Waals surface area contributed by atoms with Gasteiger partial charge in [-0.05, 0) is 43.4 Å². The van der Waals surface area contributed by atoms with Gasteiger partial charge >= 0.3 is 0 Å². The van der Waals surface area contributed by atoms with Crippen LogP contribution in [0.1, 0.15) is 29.1 Å². The number of benzene rings is 3. The average Bonchev–Trinajstić information content (AvgIpc) is 3.54. The number of aryl methyl sites for hydroxylation is 1. The van der Waals surface area contributed by atoms with Crippen molar-refractivity contribution in [2.75, 3.05) is 0 Å². The highest BCUT2D eigenvalue weighted by Gasteiger charge is 2.38. The van der Waals surface area contributed by atoms with Gasteiger partial charge in [0, 0.05) is 16.8 Å². The summed E-state index contributed by atoms with van der Waals surface area (Å²) in [5, 5.41) is 4.96. The summed E-state index contributed by atoms with van der Waals surface area (Å²) in [6.45, 7) is 2.59. The van der Waals surface area contributed by atoms with E-state index in [0.29, 0.717) is 11.5 Å². The SMILES string of the molecule is Cc1ccc(S(=O)(=O)N(Cc2csc(COc3cccc4ccccc34)n2)C2CC2)cc1. The Kier molecular flexibility index (Phi) is 5.71. The summed E-state index contributed by atoms with van der Waals surface area (Å²) >= 11 is 1.50. The van der Waals surface area contributed by atoms with Crippen LogP contribution in [0.3, 0.4) is 0 Å². The van der Waals surface area contributed by atoms with Crippen molar-refractivity contribution in [1.82, 2.24) is 9.29 Å². The van der Waals surface area contributed by atoms with Gasteiger partial charge in [0.2, 0.25) is 10.0 Å². The van der Waals surface area contributed by atoms with Crippen molar-refractivity contribution in [3.8, 4) is 5.75 Å². The lowest BCUT2D eigenvalue weighted by molar-refractivity contribution is 0.308. The third-order valence-electron chi connectivity index (χ3n) is 5.60. The Balaban J connectivity index is 1.31. The fraction of sp³-hybridized carbons (Fsp3) is 0.240. The molecule has 0 bridgehead atoms. The van der Waals surface area contributed by atoms with Gasteiger partial charge in [-0.1, -0.05) is 54.1 Å². The summed E-state index contributed by atoms with van der Waals surface area (Å²) in [6, 6.07) is 21.2. The average molecular weight is 465 g/mol. The molecule has 7 heteroatoms. The van der Waals surface area contributed by atoms with E-state index < -0.39 is 10.0 Å². The number of ether oxygens (including phenoxy) is 1. The Bertz CT molecular complexity index is 1340. The van der Waals surface area contributed by atoms with Crippen LogP contribution in [0.25, 0.3) is 10.8 Å². The molecule has 0 saturated heterocycles. The van der Waals surface area contributed by atoms with Crippen LogP contribution in [-0.2, 0) is 23.2 Å². The minimum atomic E-state index is -3.56. The first kappa shape index (κ1) is 21.1. The predicted molar refractivity (Wildman–Crippen MR) is 127 cm³/mol. The van der Waals surface area contributed by atoms with Gasteiger partial charge in [-0.3, -0.25) is 0 Å². The molecule has 164 valence electrons. The molecule has 1 fully saturated rings. The van der Waals surface area contributed by atoms with E-state index in [1.165, 1.54) is 11.3 Å². The molecule has 5 nitrogen and oxygen atoms in total. The molecule has 32 heavy (non-hydrogen) atoms. The highest BCUT2D eigenvalue weighted by molar-refractivity contribution is 7.89. The van der Waals surface area contributed by atoms with E-state index in [0.717, 1.165) is 45.6 Å². The van der Waals surface area contributed by atoms with Crippen LogP contribution in [0.4, 0.5) is 0 Å². The summed E-state index contributed by atoms with van der Waals surface area (Å²) in [6.07, 6.45) is 1.79. The van der Waals surface area contributed by atoms with E-state index in [1.54, 1.807) is 16.4 Å². The molecule has 1 aliphatic rings. The van der Waals surface area contributed by atoms with Crippen LogP contribution in [0.2, 0.25) is 0 Å². The zero-order chi connectivity index (χ0) is 22.1. The Morgan fingerprint density at radius 3 is 2.56 bits per heavy atom. The molecule has 1 heterocycles. The van der Waals surface area contributed by atoms with E-state index in [9.17, 15) is 8.42 Å². The Labute approximate surface area is 192 Å². The van der Waals surface area contributed by atoms with Crippen LogP contribution >= 0.6 is 11.3 Å². The maximum Gasteiger partial charge on any atom is 0.243 e. The molecule has 0 aliphatic heterocycles. The van der Waals surface area contributed by atoms with Crippen molar-refractivity contribution in [1.29, 1.82) is 0 Å². The zero-order valence-corrected chi connectivity index (χ0v) is 19.4. The molecule has 0 unspecified atom stereocenters. The largest absolute Gasteiger partial charge is 0.486 e. The molecule has 1 saturated carbocycles. The van der Waals surface area contributed by atoms with E-state index >= 15 is 0 Å². The minimum absolute atomic E-state index is 0.0541. The topological polar surface area (TPSA) is 59.5 Å². The summed E-state index contributed by atoms with van der Waals surface area (Å²) in [7, 11) is -3.56. The summed E-state index contributed by atoms with van der Waals surface area (Å²) in [5.74, 6) is 0.821. The van der Waals surface area contributed by atoms with Crippen LogP contribution in [0.5, 0.6) is 5.75 Å². The molecule has 0 radical (unpaired) electrons. The van der Waals surface area contributed by atoms with Gasteiger partial charge in [-0.2, -0.15) is 4.31 Å². The normalized spacial score (nSPS) is 14.2. The standard InChI is InChI=1S/C25H24N2O3S2/c1-18-9-13-22(14-10-18)32(28,29)27(21-11-12-21)15-20-17-31-25(26-20)16-30-24-8-4-6-19-5-2-3-7-23(19)24/h2-10,13-14,17,21H,11-12,15-16H2,1H3. The molecule has 5 rings (SSSR count). The number of sulfonamides is 1. The first-order chi connectivity index (χ1) is 15.5. The van der Waals surface area contributed by atoms with E-state index in [2.05, 4.69) is 17.1 Å². The Morgan fingerprint density at radius 1 is 1.03 bits per heavy atom. The van der Waals surface area contributed by atoms with Crippen LogP contribution in [0, 0.1) is 6.92 Å². The summed E-state index contributed by atoms with van der Waals surface area (Å²) < 4.78 is 34.1. The quantitative estimate of drug-likeness (QED) is 0.344. The smallest absolute Gasteiger partial charge is 0.243 e. The molecule has 3 aromatic carbocycles. The fourth-order valence-electron chi connectivity index (χ4n) is 3.73. The van der Waals surface area contributed by atoms with Gasteiger partial charge in [0.25, 0.3) is 0 Å². The lowest BCUT2D eigenvalue weighted by Gasteiger charge is -2.21. The molecular formula is C25H24N2O3S2. The van der Waals surface area contributed by atoms with E-state index in [4.69, 9.17) is 4.74 Å². The maximum atomic E-state index is 13.2. The van der Waals surface area contributed by atoms with Crippen molar-refractivity contribution in [2.24, 2.45) is 0 Å². The molecular weight excluding hydrogens is 440 g/mol. The number of hydrogen-bond acceptors (Lipinski definition) is 5. The molecule has 0 atom stereocenters. The van der Waals surface area contributed by atoms with Crippen molar-refractivity contribution in [2.45, 2.75) is 43.9 Å². The Morgan fingerprint density at radius 2 is 1.78 bits per heavy atom. The number of aromatic nitrogens is 1. The van der Waals surface area contributed by atoms with Crippen LogP contribution in [0.15, 0.2) is 77.0 Å².